The van der Waals surface area contributed by atoms with Gasteiger partial charge in [0.1, 0.15) is 17.2 Å². The summed E-state index contributed by atoms with van der Waals surface area (Å²) in [5.41, 5.74) is 3.50. The van der Waals surface area contributed by atoms with E-state index in [-0.39, 0.29) is 16.4 Å². The zero-order valence-corrected chi connectivity index (χ0v) is 16.9. The van der Waals surface area contributed by atoms with Gasteiger partial charge in [0.05, 0.1) is 28.6 Å². The van der Waals surface area contributed by atoms with Crippen LogP contribution in [0.5, 0.6) is 11.5 Å². The highest BCUT2D eigenvalue weighted by Gasteiger charge is 2.31. The Kier molecular flexibility index (Phi) is 4.82. The van der Waals surface area contributed by atoms with E-state index in [0.717, 1.165) is 38.0 Å². The van der Waals surface area contributed by atoms with Crippen molar-refractivity contribution in [3.63, 3.8) is 0 Å². The third-order valence-corrected chi connectivity index (χ3v) is 5.78. The average Bonchev–Trinajstić information content (AvgIpc) is 3.02. The van der Waals surface area contributed by atoms with E-state index in [2.05, 4.69) is 4.90 Å². The quantitative estimate of drug-likeness (QED) is 0.504. The Morgan fingerprint density at radius 1 is 1.10 bits per heavy atom. The molecule has 0 spiro atoms. The number of piperidine rings is 1. The lowest BCUT2D eigenvalue weighted by Crippen LogP contribution is -2.30. The molecule has 2 heterocycles. The molecule has 1 fully saturated rings. The monoisotopic (exact) mass is 395 g/mol. The van der Waals surface area contributed by atoms with Gasteiger partial charge < -0.3 is 19.3 Å². The Hall–Kier alpha value is -3.22. The number of fused-ring (bicyclic) bond motifs is 1. The van der Waals surface area contributed by atoms with Crippen molar-refractivity contribution >= 4 is 22.3 Å². The summed E-state index contributed by atoms with van der Waals surface area (Å²) in [7, 11) is 1.60. The molecular weight excluding hydrogens is 370 g/mol. The maximum absolute atomic E-state index is 12.0. The van der Waals surface area contributed by atoms with Crippen molar-refractivity contribution in [2.45, 2.75) is 33.1 Å². The number of aromatic nitrogens is 1. The Morgan fingerprint density at radius 2 is 1.76 bits per heavy atom. The molecule has 1 aliphatic heterocycles. The van der Waals surface area contributed by atoms with Crippen LogP contribution in [0.15, 0.2) is 30.3 Å². The van der Waals surface area contributed by atoms with Gasteiger partial charge in [-0.15, -0.1) is 0 Å². The third kappa shape index (κ3) is 3.06. The Morgan fingerprint density at radius 3 is 2.34 bits per heavy atom. The van der Waals surface area contributed by atoms with Crippen molar-refractivity contribution in [1.29, 1.82) is 0 Å². The van der Waals surface area contributed by atoms with Crippen LogP contribution in [0.1, 0.15) is 30.5 Å². The summed E-state index contributed by atoms with van der Waals surface area (Å²) in [6.07, 6.45) is 3.24. The summed E-state index contributed by atoms with van der Waals surface area (Å²) in [6.45, 7) is 5.23. The topological polar surface area (TPSA) is 80.8 Å². The van der Waals surface area contributed by atoms with Crippen LogP contribution < -0.4 is 9.64 Å². The van der Waals surface area contributed by atoms with Gasteiger partial charge in [-0.1, -0.05) is 0 Å². The van der Waals surface area contributed by atoms with Crippen LogP contribution in [0.2, 0.25) is 0 Å². The van der Waals surface area contributed by atoms with Crippen molar-refractivity contribution in [3.05, 3.63) is 51.7 Å². The fourth-order valence-corrected chi connectivity index (χ4v) is 4.45. The molecule has 1 aromatic heterocycles. The molecule has 2 aromatic carbocycles. The number of hydrogen-bond acceptors (Lipinski definition) is 5. The molecule has 0 atom stereocenters. The lowest BCUT2D eigenvalue weighted by atomic mass is 10.0. The number of aromatic hydroxyl groups is 1. The Bertz CT molecular complexity index is 1080. The number of nitrogens with zero attached hydrogens (tertiary/aromatic N) is 3. The number of nitro groups is 1. The van der Waals surface area contributed by atoms with E-state index < -0.39 is 0 Å². The second-order valence-corrected chi connectivity index (χ2v) is 7.56. The molecule has 7 heteroatoms. The lowest BCUT2D eigenvalue weighted by Gasteiger charge is -2.30. The number of hydrogen-bond donors (Lipinski definition) is 1. The highest BCUT2D eigenvalue weighted by atomic mass is 16.6. The molecule has 1 N–H and O–H groups in total. The minimum Gasteiger partial charge on any atom is -0.506 e. The molecule has 1 aliphatic rings. The number of phenols is 1. The van der Waals surface area contributed by atoms with Gasteiger partial charge in [-0.25, -0.2) is 0 Å². The molecule has 1 saturated heterocycles. The molecule has 3 aromatic rings. The summed E-state index contributed by atoms with van der Waals surface area (Å²) in [5, 5.41) is 23.5. The van der Waals surface area contributed by atoms with E-state index >= 15 is 0 Å². The highest BCUT2D eigenvalue weighted by molar-refractivity contribution is 6.05. The summed E-state index contributed by atoms with van der Waals surface area (Å²) < 4.78 is 7.15. The van der Waals surface area contributed by atoms with E-state index in [0.29, 0.717) is 33.6 Å². The first-order valence-electron chi connectivity index (χ1n) is 9.85. The number of ether oxygens (including phenoxy) is 1. The predicted molar refractivity (Wildman–Crippen MR) is 114 cm³/mol. The second-order valence-electron chi connectivity index (χ2n) is 7.56. The van der Waals surface area contributed by atoms with Crippen LogP contribution in [0.3, 0.4) is 0 Å². The number of rotatable bonds is 4. The van der Waals surface area contributed by atoms with Gasteiger partial charge in [0.25, 0.3) is 5.69 Å². The average molecular weight is 395 g/mol. The van der Waals surface area contributed by atoms with E-state index in [9.17, 15) is 15.2 Å². The smallest absolute Gasteiger partial charge is 0.298 e. The largest absolute Gasteiger partial charge is 0.506 e. The van der Waals surface area contributed by atoms with Gasteiger partial charge in [0, 0.05) is 18.8 Å². The normalized spacial score (nSPS) is 14.4. The fourth-order valence-electron chi connectivity index (χ4n) is 4.45. The van der Waals surface area contributed by atoms with E-state index in [1.54, 1.807) is 20.1 Å². The first-order valence-corrected chi connectivity index (χ1v) is 9.85. The Balaban J connectivity index is 2.10. The molecule has 152 valence electrons. The molecule has 0 aliphatic carbocycles. The molecule has 0 saturated carbocycles. The zero-order chi connectivity index (χ0) is 20.7. The number of methoxy groups -OCH3 is 1. The van der Waals surface area contributed by atoms with Gasteiger partial charge in [0.15, 0.2) is 0 Å². The van der Waals surface area contributed by atoms with Gasteiger partial charge in [0.2, 0.25) is 0 Å². The molecule has 4 rings (SSSR count). The minimum atomic E-state index is -0.318. The van der Waals surface area contributed by atoms with Gasteiger partial charge >= 0.3 is 0 Å². The molecule has 0 unspecified atom stereocenters. The first-order chi connectivity index (χ1) is 13.9. The van der Waals surface area contributed by atoms with E-state index in [1.165, 1.54) is 0 Å². The van der Waals surface area contributed by atoms with E-state index in [1.807, 2.05) is 35.8 Å². The molecule has 0 radical (unpaired) electrons. The second kappa shape index (κ2) is 7.31. The molecule has 0 bridgehead atoms. The first kappa shape index (κ1) is 19.1. The van der Waals surface area contributed by atoms with Crippen LogP contribution in [-0.2, 0) is 0 Å². The van der Waals surface area contributed by atoms with Crippen LogP contribution in [0, 0.1) is 24.0 Å². The number of anilines is 1. The molecule has 29 heavy (non-hydrogen) atoms. The van der Waals surface area contributed by atoms with Crippen LogP contribution in [0.4, 0.5) is 11.4 Å². The van der Waals surface area contributed by atoms with E-state index in [4.69, 9.17) is 4.74 Å². The number of aryl methyl sites for hydroxylation is 1. The maximum atomic E-state index is 12.0. The summed E-state index contributed by atoms with van der Waals surface area (Å²) in [6, 6.07) is 9.09. The van der Waals surface area contributed by atoms with Crippen molar-refractivity contribution < 1.29 is 14.8 Å². The molecular formula is C22H25N3O4. The predicted octanol–water partition coefficient (Wildman–Crippen LogP) is 4.86. The van der Waals surface area contributed by atoms with Crippen LogP contribution in [-0.4, -0.2) is 34.8 Å². The SMILES string of the molecule is COc1ccc(-n2c(C)c([N+](=O)[O-])c3c(C)cc(O)c(N4CCCCC4)c32)cc1. The summed E-state index contributed by atoms with van der Waals surface area (Å²) in [4.78, 5) is 13.8. The number of phenolic OH excluding ortho intramolecular Hbond substituents is 1. The maximum Gasteiger partial charge on any atom is 0.298 e. The van der Waals surface area contributed by atoms with Gasteiger partial charge in [-0.3, -0.25) is 10.1 Å². The number of benzene rings is 2. The zero-order valence-electron chi connectivity index (χ0n) is 16.9. The molecule has 0 amide bonds. The van der Waals surface area contributed by atoms with Crippen molar-refractivity contribution in [2.24, 2.45) is 0 Å². The Labute approximate surface area is 169 Å². The summed E-state index contributed by atoms with van der Waals surface area (Å²) >= 11 is 0. The summed E-state index contributed by atoms with van der Waals surface area (Å²) in [5.74, 6) is 0.881. The van der Waals surface area contributed by atoms with Crippen LogP contribution >= 0.6 is 0 Å². The van der Waals surface area contributed by atoms with Crippen LogP contribution in [0.25, 0.3) is 16.6 Å². The van der Waals surface area contributed by atoms with Crippen molar-refractivity contribution in [3.8, 4) is 17.2 Å². The lowest BCUT2D eigenvalue weighted by molar-refractivity contribution is -0.383. The third-order valence-electron chi connectivity index (χ3n) is 5.78. The van der Waals surface area contributed by atoms with Gasteiger partial charge in [-0.2, -0.15) is 0 Å². The van der Waals surface area contributed by atoms with Crippen molar-refractivity contribution in [1.82, 2.24) is 4.57 Å². The fraction of sp³-hybridized carbons (Fsp3) is 0.364. The highest BCUT2D eigenvalue weighted by Crippen LogP contribution is 2.46. The minimum absolute atomic E-state index is 0.0894. The van der Waals surface area contributed by atoms with Crippen molar-refractivity contribution in [2.75, 3.05) is 25.1 Å². The molecule has 7 nitrogen and oxygen atoms in total. The standard InChI is InChI=1S/C22H25N3O4/c1-14-13-18(26)21(23-11-5-4-6-12-23)22-19(14)20(25(27)28)15(2)24(22)16-7-9-17(29-3)10-8-16/h7-10,13,26H,4-6,11-12H2,1-3H3. The van der Waals surface area contributed by atoms with Gasteiger partial charge in [-0.05, 0) is 69.0 Å².